The molecule has 2 amide bonds. The van der Waals surface area contributed by atoms with Gasteiger partial charge in [0.2, 0.25) is 11.8 Å². The monoisotopic (exact) mass is 270 g/mol. The lowest BCUT2D eigenvalue weighted by Crippen LogP contribution is -2.43. The molecule has 3 heterocycles. The number of imide groups is 1. The molecule has 0 aromatic carbocycles. The summed E-state index contributed by atoms with van der Waals surface area (Å²) < 4.78 is 5.28. The third-order valence-corrected chi connectivity index (χ3v) is 5.18. The highest BCUT2D eigenvalue weighted by Gasteiger charge is 2.49. The van der Waals surface area contributed by atoms with Crippen LogP contribution < -0.4 is 0 Å². The number of nitrogens with zero attached hydrogens (tertiary/aromatic N) is 2. The van der Waals surface area contributed by atoms with Crippen LogP contribution in [-0.4, -0.2) is 72.5 Å². The van der Waals surface area contributed by atoms with Gasteiger partial charge in [0, 0.05) is 37.7 Å². The molecular weight excluding hydrogens is 252 g/mol. The Kier molecular flexibility index (Phi) is 3.59. The second-order valence-corrected chi connectivity index (χ2v) is 6.11. The Morgan fingerprint density at radius 1 is 1.06 bits per heavy atom. The number of rotatable bonds is 3. The van der Waals surface area contributed by atoms with Crippen LogP contribution in [0.25, 0.3) is 0 Å². The normalized spacial score (nSPS) is 33.2. The number of carbonyl (C=O) groups is 2. The fourth-order valence-corrected chi connectivity index (χ4v) is 4.23. The van der Waals surface area contributed by atoms with E-state index in [2.05, 4.69) is 4.90 Å². The van der Waals surface area contributed by atoms with Crippen LogP contribution in [0, 0.1) is 11.8 Å². The summed E-state index contributed by atoms with van der Waals surface area (Å²) in [5, 5.41) is 0. The van der Waals surface area contributed by atoms with E-state index in [0.717, 1.165) is 44.4 Å². The van der Waals surface area contributed by atoms with Crippen molar-refractivity contribution in [2.75, 3.05) is 50.9 Å². The maximum Gasteiger partial charge on any atom is 0.234 e. The fourth-order valence-electron chi connectivity index (χ4n) is 2.84. The van der Waals surface area contributed by atoms with Gasteiger partial charge in [-0.05, 0) is 0 Å². The van der Waals surface area contributed by atoms with E-state index in [1.54, 1.807) is 11.8 Å². The summed E-state index contributed by atoms with van der Waals surface area (Å²) in [5.41, 5.74) is 0. The minimum absolute atomic E-state index is 0.0350. The minimum Gasteiger partial charge on any atom is -0.379 e. The fraction of sp³-hybridized carbons (Fsp3) is 0.833. The van der Waals surface area contributed by atoms with E-state index in [-0.39, 0.29) is 23.7 Å². The van der Waals surface area contributed by atoms with Crippen LogP contribution in [0.5, 0.6) is 0 Å². The van der Waals surface area contributed by atoms with Crippen molar-refractivity contribution < 1.29 is 14.3 Å². The Morgan fingerprint density at radius 2 is 1.67 bits per heavy atom. The molecule has 0 saturated carbocycles. The van der Waals surface area contributed by atoms with Crippen molar-refractivity contribution in [3.05, 3.63) is 0 Å². The minimum atomic E-state index is -0.0350. The molecule has 3 saturated heterocycles. The van der Waals surface area contributed by atoms with Crippen molar-refractivity contribution in [3.63, 3.8) is 0 Å². The number of ether oxygens (including phenoxy) is 1. The van der Waals surface area contributed by atoms with Crippen LogP contribution in [0.15, 0.2) is 0 Å². The Labute approximate surface area is 111 Å². The van der Waals surface area contributed by atoms with Crippen LogP contribution >= 0.6 is 11.8 Å². The Bertz CT molecular complexity index is 335. The van der Waals surface area contributed by atoms with Crippen molar-refractivity contribution in [2.45, 2.75) is 0 Å². The summed E-state index contributed by atoms with van der Waals surface area (Å²) in [6, 6.07) is 0. The van der Waals surface area contributed by atoms with E-state index in [1.807, 2.05) is 0 Å². The van der Waals surface area contributed by atoms with Crippen molar-refractivity contribution in [1.82, 2.24) is 9.80 Å². The second-order valence-electron chi connectivity index (χ2n) is 5.03. The predicted octanol–water partition coefficient (Wildman–Crippen LogP) is -0.333. The standard InChI is InChI=1S/C12H18N2O3S/c15-11-9-7-18-8-10(9)12(16)14(11)2-1-13-3-5-17-6-4-13/h9-10H,1-8H2/t9-,10+. The first-order valence-electron chi connectivity index (χ1n) is 6.50. The number of fused-ring (bicyclic) bond motifs is 1. The predicted molar refractivity (Wildman–Crippen MR) is 68.3 cm³/mol. The molecular formula is C12H18N2O3S. The van der Waals surface area contributed by atoms with E-state index in [9.17, 15) is 9.59 Å². The van der Waals surface area contributed by atoms with Gasteiger partial charge in [-0.25, -0.2) is 0 Å². The van der Waals surface area contributed by atoms with Crippen LogP contribution in [-0.2, 0) is 14.3 Å². The number of amides is 2. The summed E-state index contributed by atoms with van der Waals surface area (Å²) >= 11 is 1.73. The van der Waals surface area contributed by atoms with Gasteiger partial charge in [0.15, 0.2) is 0 Å². The molecule has 3 aliphatic rings. The number of thioether (sulfide) groups is 1. The molecule has 0 aromatic rings. The van der Waals surface area contributed by atoms with E-state index < -0.39 is 0 Å². The topological polar surface area (TPSA) is 49.9 Å². The van der Waals surface area contributed by atoms with E-state index in [0.29, 0.717) is 6.54 Å². The molecule has 0 unspecified atom stereocenters. The third-order valence-electron chi connectivity index (χ3n) is 3.99. The van der Waals surface area contributed by atoms with Crippen molar-refractivity contribution in [3.8, 4) is 0 Å². The lowest BCUT2D eigenvalue weighted by atomic mass is 10.00. The molecule has 6 heteroatoms. The van der Waals surface area contributed by atoms with E-state index >= 15 is 0 Å². The number of likely N-dealkylation sites (tertiary alicyclic amines) is 1. The second kappa shape index (κ2) is 5.19. The zero-order chi connectivity index (χ0) is 12.5. The van der Waals surface area contributed by atoms with Crippen LogP contribution in [0.4, 0.5) is 0 Å². The highest BCUT2D eigenvalue weighted by molar-refractivity contribution is 7.99. The molecule has 0 aliphatic carbocycles. The molecule has 18 heavy (non-hydrogen) atoms. The molecule has 2 atom stereocenters. The van der Waals surface area contributed by atoms with Gasteiger partial charge in [-0.1, -0.05) is 0 Å². The molecule has 3 fully saturated rings. The van der Waals surface area contributed by atoms with Gasteiger partial charge >= 0.3 is 0 Å². The molecule has 3 aliphatic heterocycles. The van der Waals surface area contributed by atoms with Gasteiger partial charge in [0.1, 0.15) is 0 Å². The number of morpholine rings is 1. The summed E-state index contributed by atoms with van der Waals surface area (Å²) in [6.45, 7) is 4.65. The number of hydrogen-bond donors (Lipinski definition) is 0. The first kappa shape index (κ1) is 12.4. The lowest BCUT2D eigenvalue weighted by molar-refractivity contribution is -0.140. The Balaban J connectivity index is 1.56. The smallest absolute Gasteiger partial charge is 0.234 e. The maximum absolute atomic E-state index is 12.1. The molecule has 0 bridgehead atoms. The Morgan fingerprint density at radius 3 is 2.28 bits per heavy atom. The number of hydrogen-bond acceptors (Lipinski definition) is 5. The molecule has 5 nitrogen and oxygen atoms in total. The van der Waals surface area contributed by atoms with Crippen molar-refractivity contribution in [2.24, 2.45) is 11.8 Å². The largest absolute Gasteiger partial charge is 0.379 e. The van der Waals surface area contributed by atoms with Crippen molar-refractivity contribution >= 4 is 23.6 Å². The highest BCUT2D eigenvalue weighted by atomic mass is 32.2. The first-order chi connectivity index (χ1) is 8.77. The van der Waals surface area contributed by atoms with Gasteiger partial charge in [-0.2, -0.15) is 11.8 Å². The molecule has 0 spiro atoms. The van der Waals surface area contributed by atoms with Gasteiger partial charge < -0.3 is 4.74 Å². The quantitative estimate of drug-likeness (QED) is 0.657. The SMILES string of the molecule is O=C1[C@H]2CSC[C@H]2C(=O)N1CCN1CCOCC1. The molecule has 3 rings (SSSR count). The maximum atomic E-state index is 12.1. The van der Waals surface area contributed by atoms with Gasteiger partial charge in [0.25, 0.3) is 0 Å². The molecule has 0 radical (unpaired) electrons. The molecule has 0 N–H and O–H groups in total. The van der Waals surface area contributed by atoms with E-state index in [4.69, 9.17) is 4.74 Å². The zero-order valence-electron chi connectivity index (χ0n) is 10.3. The Hall–Kier alpha value is -0.590. The van der Waals surface area contributed by atoms with Gasteiger partial charge in [-0.15, -0.1) is 0 Å². The van der Waals surface area contributed by atoms with Gasteiger partial charge in [-0.3, -0.25) is 19.4 Å². The summed E-state index contributed by atoms with van der Waals surface area (Å²) in [4.78, 5) is 28.0. The summed E-state index contributed by atoms with van der Waals surface area (Å²) in [7, 11) is 0. The zero-order valence-corrected chi connectivity index (χ0v) is 11.2. The first-order valence-corrected chi connectivity index (χ1v) is 7.66. The highest BCUT2D eigenvalue weighted by Crippen LogP contribution is 2.37. The lowest BCUT2D eigenvalue weighted by Gasteiger charge is -2.28. The summed E-state index contributed by atoms with van der Waals surface area (Å²) in [5.74, 6) is 1.69. The molecule has 100 valence electrons. The average molecular weight is 270 g/mol. The molecule has 0 aromatic heterocycles. The van der Waals surface area contributed by atoms with Crippen LogP contribution in [0.1, 0.15) is 0 Å². The van der Waals surface area contributed by atoms with Crippen molar-refractivity contribution in [1.29, 1.82) is 0 Å². The average Bonchev–Trinajstić information content (AvgIpc) is 2.95. The van der Waals surface area contributed by atoms with Crippen LogP contribution in [0.2, 0.25) is 0 Å². The van der Waals surface area contributed by atoms with E-state index in [1.165, 1.54) is 4.90 Å². The third kappa shape index (κ3) is 2.17. The summed E-state index contributed by atoms with van der Waals surface area (Å²) in [6.07, 6.45) is 0. The van der Waals surface area contributed by atoms with Gasteiger partial charge in [0.05, 0.1) is 25.0 Å². The van der Waals surface area contributed by atoms with Crippen LogP contribution in [0.3, 0.4) is 0 Å². The number of carbonyl (C=O) groups excluding carboxylic acids is 2.